The normalized spacial score (nSPS) is 16.0. The van der Waals surface area contributed by atoms with Crippen LogP contribution in [-0.4, -0.2) is 35.5 Å². The summed E-state index contributed by atoms with van der Waals surface area (Å²) in [4.78, 5) is 15.0. The minimum atomic E-state index is -0.382. The molecule has 0 unspecified atom stereocenters. The van der Waals surface area contributed by atoms with E-state index in [1.807, 2.05) is 0 Å². The fourth-order valence-corrected chi connectivity index (χ4v) is 3.06. The van der Waals surface area contributed by atoms with E-state index in [4.69, 9.17) is 0 Å². The average Bonchev–Trinajstić information content (AvgIpc) is 2.61. The minimum absolute atomic E-state index is 0.112. The second-order valence-electron chi connectivity index (χ2n) is 5.99. The van der Waals surface area contributed by atoms with Gasteiger partial charge in [-0.25, -0.2) is 4.99 Å². The highest BCUT2D eigenvalue weighted by Gasteiger charge is 2.14. The van der Waals surface area contributed by atoms with Crippen molar-refractivity contribution in [2.75, 3.05) is 18.6 Å². The number of hydrogen-bond acceptors (Lipinski definition) is 4. The largest absolute Gasteiger partial charge is 0.356 e. The van der Waals surface area contributed by atoms with Crippen molar-refractivity contribution in [3.63, 3.8) is 0 Å². The Morgan fingerprint density at radius 3 is 2.62 bits per heavy atom. The molecule has 0 bridgehead atoms. The van der Waals surface area contributed by atoms with Crippen molar-refractivity contribution in [3.8, 4) is 0 Å². The maximum absolute atomic E-state index is 10.7. The fraction of sp³-hybridized carbons (Fsp3) is 0.588. The Labute approximate surface area is 147 Å². The number of rotatable bonds is 7. The lowest BCUT2D eigenvalue weighted by Gasteiger charge is -2.25. The first-order valence-electron chi connectivity index (χ1n) is 8.46. The first-order valence-corrected chi connectivity index (χ1v) is 9.85. The van der Waals surface area contributed by atoms with Crippen LogP contribution < -0.4 is 10.6 Å². The van der Waals surface area contributed by atoms with E-state index in [0.29, 0.717) is 12.6 Å². The van der Waals surface area contributed by atoms with E-state index >= 15 is 0 Å². The summed E-state index contributed by atoms with van der Waals surface area (Å²) < 4.78 is 0. The third kappa shape index (κ3) is 6.39. The van der Waals surface area contributed by atoms with Gasteiger partial charge >= 0.3 is 0 Å². The number of nitro groups is 1. The van der Waals surface area contributed by atoms with E-state index < -0.39 is 0 Å². The Hall–Kier alpha value is -1.76. The van der Waals surface area contributed by atoms with E-state index in [0.717, 1.165) is 23.8 Å². The highest BCUT2D eigenvalue weighted by molar-refractivity contribution is 7.98. The molecular weight excluding hydrogens is 324 g/mol. The summed E-state index contributed by atoms with van der Waals surface area (Å²) in [6, 6.07) is 7.08. The van der Waals surface area contributed by atoms with E-state index in [1.54, 1.807) is 23.9 Å². The maximum Gasteiger partial charge on any atom is 0.269 e. The molecule has 1 fully saturated rings. The molecule has 2 rings (SSSR count). The number of guanidine groups is 1. The lowest BCUT2D eigenvalue weighted by atomic mass is 9.96. The van der Waals surface area contributed by atoms with E-state index in [1.165, 1.54) is 44.2 Å². The molecule has 2 N–H and O–H groups in total. The lowest BCUT2D eigenvalue weighted by molar-refractivity contribution is -0.384. The molecule has 6 nitrogen and oxygen atoms in total. The van der Waals surface area contributed by atoms with Crippen molar-refractivity contribution >= 4 is 23.4 Å². The van der Waals surface area contributed by atoms with Gasteiger partial charge in [0, 0.05) is 30.5 Å². The van der Waals surface area contributed by atoms with Crippen LogP contribution in [0, 0.1) is 10.1 Å². The number of hydrogen-bond donors (Lipinski definition) is 2. The number of nitrogens with zero attached hydrogens (tertiary/aromatic N) is 2. The number of nitro benzene ring substituents is 1. The monoisotopic (exact) mass is 350 g/mol. The molecule has 0 heterocycles. The predicted octanol–water partition coefficient (Wildman–Crippen LogP) is 3.33. The van der Waals surface area contributed by atoms with Gasteiger partial charge in [-0.05, 0) is 24.7 Å². The van der Waals surface area contributed by atoms with Crippen molar-refractivity contribution in [2.45, 2.75) is 44.7 Å². The Morgan fingerprint density at radius 2 is 2.00 bits per heavy atom. The highest BCUT2D eigenvalue weighted by Crippen LogP contribution is 2.17. The molecule has 0 saturated heterocycles. The molecule has 0 radical (unpaired) electrons. The molecule has 0 aliphatic heterocycles. The molecule has 7 heteroatoms. The topological polar surface area (TPSA) is 79.6 Å². The number of nitrogens with one attached hydrogen (secondary N) is 2. The minimum Gasteiger partial charge on any atom is -0.356 e. The smallest absolute Gasteiger partial charge is 0.269 e. The van der Waals surface area contributed by atoms with Gasteiger partial charge in [0.05, 0.1) is 11.5 Å². The van der Waals surface area contributed by atoms with E-state index in [2.05, 4.69) is 21.9 Å². The fourth-order valence-electron chi connectivity index (χ4n) is 2.76. The van der Waals surface area contributed by atoms with Crippen LogP contribution in [0.25, 0.3) is 0 Å². The van der Waals surface area contributed by atoms with Crippen LogP contribution in [0.4, 0.5) is 5.69 Å². The summed E-state index contributed by atoms with van der Waals surface area (Å²) in [5.74, 6) is 1.87. The molecule has 24 heavy (non-hydrogen) atoms. The second kappa shape index (κ2) is 10.2. The van der Waals surface area contributed by atoms with Crippen molar-refractivity contribution in [3.05, 3.63) is 39.9 Å². The van der Waals surface area contributed by atoms with Gasteiger partial charge in [0.2, 0.25) is 0 Å². The molecule has 1 aromatic carbocycles. The highest BCUT2D eigenvalue weighted by atomic mass is 32.2. The zero-order chi connectivity index (χ0) is 17.2. The number of non-ortho nitro benzene ring substituents is 1. The van der Waals surface area contributed by atoms with Gasteiger partial charge in [0.25, 0.3) is 5.69 Å². The van der Waals surface area contributed by atoms with Gasteiger partial charge < -0.3 is 10.6 Å². The maximum atomic E-state index is 10.7. The molecule has 1 saturated carbocycles. The first-order chi connectivity index (χ1) is 11.7. The number of benzene rings is 1. The summed E-state index contributed by atoms with van der Waals surface area (Å²) in [5.41, 5.74) is 1.08. The standard InChI is InChI=1S/C17H26N4O2S/c1-24-12-11-18-17(20-15-5-3-2-4-6-15)19-13-14-7-9-16(10-8-14)21(22)23/h7-10,15H,2-6,11-13H2,1H3,(H2,18,19,20). The van der Waals surface area contributed by atoms with Crippen LogP contribution in [0.5, 0.6) is 0 Å². The number of thioether (sulfide) groups is 1. The Balaban J connectivity index is 1.95. The molecule has 1 aliphatic rings. The van der Waals surface area contributed by atoms with Crippen LogP contribution in [0.2, 0.25) is 0 Å². The molecule has 1 aromatic rings. The Bertz CT molecular complexity index is 542. The van der Waals surface area contributed by atoms with Crippen molar-refractivity contribution < 1.29 is 4.92 Å². The van der Waals surface area contributed by atoms with Crippen LogP contribution in [0.15, 0.2) is 29.3 Å². The van der Waals surface area contributed by atoms with Gasteiger partial charge in [0.1, 0.15) is 0 Å². The predicted molar refractivity (Wildman–Crippen MR) is 101 cm³/mol. The zero-order valence-corrected chi connectivity index (χ0v) is 15.0. The van der Waals surface area contributed by atoms with Crippen molar-refractivity contribution in [2.24, 2.45) is 4.99 Å². The molecule has 1 aliphatic carbocycles. The summed E-state index contributed by atoms with van der Waals surface area (Å²) in [5, 5.41) is 17.6. The number of aliphatic imine (C=N–C) groups is 1. The quantitative estimate of drug-likeness (QED) is 0.259. The van der Waals surface area contributed by atoms with Crippen LogP contribution in [0.1, 0.15) is 37.7 Å². The Kier molecular flexibility index (Phi) is 7.88. The van der Waals surface area contributed by atoms with Gasteiger partial charge in [-0.1, -0.05) is 31.4 Å². The van der Waals surface area contributed by atoms with Crippen LogP contribution in [-0.2, 0) is 6.54 Å². The second-order valence-corrected chi connectivity index (χ2v) is 6.97. The average molecular weight is 350 g/mol. The van der Waals surface area contributed by atoms with Gasteiger partial charge in [-0.15, -0.1) is 0 Å². The van der Waals surface area contributed by atoms with Crippen LogP contribution >= 0.6 is 11.8 Å². The third-order valence-electron chi connectivity index (χ3n) is 4.11. The molecular formula is C17H26N4O2S. The van der Waals surface area contributed by atoms with Gasteiger partial charge in [0.15, 0.2) is 5.96 Å². The summed E-state index contributed by atoms with van der Waals surface area (Å²) in [6.07, 6.45) is 8.36. The SMILES string of the molecule is CSCCNC(=NCc1ccc([N+](=O)[O-])cc1)NC1CCCCC1. The molecule has 132 valence electrons. The van der Waals surface area contributed by atoms with Gasteiger partial charge in [-0.3, -0.25) is 10.1 Å². The van der Waals surface area contributed by atoms with Gasteiger partial charge in [-0.2, -0.15) is 11.8 Å². The van der Waals surface area contributed by atoms with Crippen molar-refractivity contribution in [1.82, 2.24) is 10.6 Å². The Morgan fingerprint density at radius 1 is 1.29 bits per heavy atom. The van der Waals surface area contributed by atoms with E-state index in [9.17, 15) is 10.1 Å². The zero-order valence-electron chi connectivity index (χ0n) is 14.2. The summed E-state index contributed by atoms with van der Waals surface area (Å²) in [7, 11) is 0. The van der Waals surface area contributed by atoms with Crippen LogP contribution in [0.3, 0.4) is 0 Å². The van der Waals surface area contributed by atoms with Crippen molar-refractivity contribution in [1.29, 1.82) is 0 Å². The third-order valence-corrected chi connectivity index (χ3v) is 4.72. The first kappa shape index (κ1) is 18.6. The summed E-state index contributed by atoms with van der Waals surface area (Å²) >= 11 is 1.80. The van der Waals surface area contributed by atoms with E-state index in [-0.39, 0.29) is 10.6 Å². The molecule has 0 aromatic heterocycles. The lowest BCUT2D eigenvalue weighted by Crippen LogP contribution is -2.44. The summed E-state index contributed by atoms with van der Waals surface area (Å²) in [6.45, 7) is 1.39. The molecule has 0 atom stereocenters. The molecule has 0 spiro atoms. The molecule has 0 amide bonds.